The van der Waals surface area contributed by atoms with Gasteiger partial charge in [-0.05, 0) is 46.4 Å². The van der Waals surface area contributed by atoms with Crippen LogP contribution in [0.4, 0.5) is 0 Å². The van der Waals surface area contributed by atoms with Gasteiger partial charge in [-0.15, -0.1) is 0 Å². The largest absolute Gasteiger partial charge is 0.465 e. The molecule has 0 saturated carbocycles. The maximum absolute atomic E-state index is 5.97. The predicted octanol–water partition coefficient (Wildman–Crippen LogP) is 1.98. The Morgan fingerprint density at radius 2 is 2.14 bits per heavy atom. The molecule has 3 heteroatoms. The molecule has 3 N–H and O–H groups in total. The van der Waals surface area contributed by atoms with Crippen LogP contribution in [-0.4, -0.2) is 12.6 Å². The van der Waals surface area contributed by atoms with Gasteiger partial charge in [-0.25, -0.2) is 0 Å². The van der Waals surface area contributed by atoms with E-state index in [1.54, 1.807) is 0 Å². The van der Waals surface area contributed by atoms with Gasteiger partial charge in [0.05, 0.1) is 6.04 Å². The summed E-state index contributed by atoms with van der Waals surface area (Å²) in [5.74, 6) is 1.90. The maximum atomic E-state index is 5.97. The molecule has 1 atom stereocenters. The molecule has 1 heterocycles. The summed E-state index contributed by atoms with van der Waals surface area (Å²) < 4.78 is 5.56. The van der Waals surface area contributed by atoms with Gasteiger partial charge in [0.15, 0.2) is 0 Å². The van der Waals surface area contributed by atoms with Crippen molar-refractivity contribution in [2.45, 2.75) is 38.8 Å². The van der Waals surface area contributed by atoms with E-state index >= 15 is 0 Å². The zero-order chi connectivity index (χ0) is 10.8. The van der Waals surface area contributed by atoms with E-state index in [1.807, 2.05) is 40.0 Å². The summed E-state index contributed by atoms with van der Waals surface area (Å²) in [7, 11) is 1.92. The minimum atomic E-state index is -0.186. The Hall–Kier alpha value is -0.800. The summed E-state index contributed by atoms with van der Waals surface area (Å²) in [6.45, 7) is 5.99. The molecule has 1 aromatic heterocycles. The molecule has 1 unspecified atom stereocenters. The van der Waals surface area contributed by atoms with Gasteiger partial charge in [-0.1, -0.05) is 0 Å². The van der Waals surface area contributed by atoms with Crippen molar-refractivity contribution < 1.29 is 4.42 Å². The molecule has 0 aliphatic carbocycles. The van der Waals surface area contributed by atoms with Crippen molar-refractivity contribution >= 4 is 0 Å². The number of nitrogens with two attached hydrogens (primary N) is 1. The number of nitrogens with one attached hydrogen (secondary N) is 1. The van der Waals surface area contributed by atoms with E-state index in [1.165, 1.54) is 0 Å². The highest BCUT2D eigenvalue weighted by molar-refractivity contribution is 5.10. The highest BCUT2D eigenvalue weighted by atomic mass is 16.3. The first kappa shape index (κ1) is 11.3. The van der Waals surface area contributed by atoms with Gasteiger partial charge in [0.2, 0.25) is 0 Å². The Morgan fingerprint density at radius 3 is 2.50 bits per heavy atom. The Morgan fingerprint density at radius 1 is 1.50 bits per heavy atom. The van der Waals surface area contributed by atoms with Gasteiger partial charge in [0.1, 0.15) is 11.5 Å². The third-order valence-electron chi connectivity index (χ3n) is 2.18. The van der Waals surface area contributed by atoms with Crippen LogP contribution in [0, 0.1) is 6.92 Å². The van der Waals surface area contributed by atoms with Gasteiger partial charge in [-0.2, -0.15) is 0 Å². The quantitative estimate of drug-likeness (QED) is 0.774. The summed E-state index contributed by atoms with van der Waals surface area (Å²) in [4.78, 5) is 0. The van der Waals surface area contributed by atoms with Gasteiger partial charge in [0, 0.05) is 5.54 Å². The highest BCUT2D eigenvalue weighted by Gasteiger charge is 2.21. The number of aryl methyl sites for hydroxylation is 1. The molecule has 0 fully saturated rings. The first-order valence-corrected chi connectivity index (χ1v) is 4.95. The van der Waals surface area contributed by atoms with Gasteiger partial charge < -0.3 is 15.5 Å². The number of hydrogen-bond donors (Lipinski definition) is 2. The molecular formula is C11H20N2O. The molecule has 0 radical (unpaired) electrons. The lowest BCUT2D eigenvalue weighted by Crippen LogP contribution is -2.36. The smallest absolute Gasteiger partial charge is 0.121 e. The molecule has 80 valence electrons. The van der Waals surface area contributed by atoms with Crippen LogP contribution < -0.4 is 11.1 Å². The fourth-order valence-electron chi connectivity index (χ4n) is 1.51. The van der Waals surface area contributed by atoms with Crippen LogP contribution >= 0.6 is 0 Å². The van der Waals surface area contributed by atoms with Crippen LogP contribution in [-0.2, 0) is 0 Å². The zero-order valence-corrected chi connectivity index (χ0v) is 9.42. The molecule has 0 aromatic carbocycles. The van der Waals surface area contributed by atoms with Crippen molar-refractivity contribution in [2.24, 2.45) is 5.73 Å². The lowest BCUT2D eigenvalue weighted by atomic mass is 9.95. The van der Waals surface area contributed by atoms with Gasteiger partial charge in [0.25, 0.3) is 0 Å². The van der Waals surface area contributed by atoms with Crippen LogP contribution in [0.5, 0.6) is 0 Å². The van der Waals surface area contributed by atoms with E-state index in [0.29, 0.717) is 0 Å². The molecule has 0 bridgehead atoms. The molecule has 1 aromatic rings. The average Bonchev–Trinajstić information content (AvgIpc) is 2.46. The van der Waals surface area contributed by atoms with Crippen LogP contribution in [0.15, 0.2) is 16.5 Å². The summed E-state index contributed by atoms with van der Waals surface area (Å²) in [5.41, 5.74) is 5.79. The number of hydrogen-bond acceptors (Lipinski definition) is 3. The third kappa shape index (κ3) is 3.16. The van der Waals surface area contributed by atoms with Crippen molar-refractivity contribution in [3.05, 3.63) is 23.7 Å². The second kappa shape index (κ2) is 4.15. The van der Waals surface area contributed by atoms with E-state index in [0.717, 1.165) is 17.9 Å². The van der Waals surface area contributed by atoms with Crippen molar-refractivity contribution in [1.29, 1.82) is 0 Å². The van der Waals surface area contributed by atoms with Crippen molar-refractivity contribution in [3.63, 3.8) is 0 Å². The first-order valence-electron chi connectivity index (χ1n) is 4.95. The Bertz CT molecular complexity index is 286. The van der Waals surface area contributed by atoms with E-state index in [2.05, 4.69) is 5.32 Å². The second-order valence-corrected chi connectivity index (χ2v) is 4.48. The number of rotatable bonds is 4. The van der Waals surface area contributed by atoms with E-state index in [-0.39, 0.29) is 11.6 Å². The Balaban J connectivity index is 2.72. The Kier molecular flexibility index (Phi) is 3.34. The summed E-state index contributed by atoms with van der Waals surface area (Å²) in [6.07, 6.45) is 0.858. The van der Waals surface area contributed by atoms with Gasteiger partial charge in [-0.3, -0.25) is 0 Å². The summed E-state index contributed by atoms with van der Waals surface area (Å²) in [5, 5.41) is 3.21. The third-order valence-corrected chi connectivity index (χ3v) is 2.18. The SMILES string of the molecule is CNC(CC(C)(C)N)c1ccc(C)o1. The normalized spacial score (nSPS) is 14.4. The summed E-state index contributed by atoms with van der Waals surface area (Å²) in [6, 6.07) is 4.18. The zero-order valence-electron chi connectivity index (χ0n) is 9.42. The number of furan rings is 1. The average molecular weight is 196 g/mol. The van der Waals surface area contributed by atoms with Crippen LogP contribution in [0.1, 0.15) is 37.8 Å². The standard InChI is InChI=1S/C11H20N2O/c1-8-5-6-10(14-8)9(13-4)7-11(2,3)12/h5-6,9,13H,7,12H2,1-4H3. The Labute approximate surface area is 85.7 Å². The van der Waals surface area contributed by atoms with Crippen molar-refractivity contribution in [2.75, 3.05) is 7.05 Å². The minimum absolute atomic E-state index is 0.186. The molecule has 0 saturated heterocycles. The van der Waals surface area contributed by atoms with Gasteiger partial charge >= 0.3 is 0 Å². The first-order chi connectivity index (χ1) is 6.42. The lowest BCUT2D eigenvalue weighted by Gasteiger charge is -2.24. The fourth-order valence-corrected chi connectivity index (χ4v) is 1.51. The predicted molar refractivity (Wildman–Crippen MR) is 58.1 cm³/mol. The highest BCUT2D eigenvalue weighted by Crippen LogP contribution is 2.23. The molecule has 14 heavy (non-hydrogen) atoms. The second-order valence-electron chi connectivity index (χ2n) is 4.48. The molecule has 0 aliphatic rings. The topological polar surface area (TPSA) is 51.2 Å². The molecule has 0 amide bonds. The van der Waals surface area contributed by atoms with E-state index in [4.69, 9.17) is 10.2 Å². The monoisotopic (exact) mass is 196 g/mol. The lowest BCUT2D eigenvalue weighted by molar-refractivity contribution is 0.341. The molecular weight excluding hydrogens is 176 g/mol. The van der Waals surface area contributed by atoms with Crippen molar-refractivity contribution in [3.8, 4) is 0 Å². The van der Waals surface area contributed by atoms with E-state index < -0.39 is 0 Å². The molecule has 1 rings (SSSR count). The van der Waals surface area contributed by atoms with E-state index in [9.17, 15) is 0 Å². The fraction of sp³-hybridized carbons (Fsp3) is 0.636. The molecule has 0 spiro atoms. The molecule has 3 nitrogen and oxygen atoms in total. The summed E-state index contributed by atoms with van der Waals surface area (Å²) >= 11 is 0. The van der Waals surface area contributed by atoms with Crippen molar-refractivity contribution in [1.82, 2.24) is 5.32 Å². The minimum Gasteiger partial charge on any atom is -0.465 e. The molecule has 0 aliphatic heterocycles. The maximum Gasteiger partial charge on any atom is 0.121 e. The van der Waals surface area contributed by atoms with Crippen LogP contribution in [0.2, 0.25) is 0 Å². The van der Waals surface area contributed by atoms with Crippen LogP contribution in [0.3, 0.4) is 0 Å². The van der Waals surface area contributed by atoms with Crippen LogP contribution in [0.25, 0.3) is 0 Å².